The van der Waals surface area contributed by atoms with Crippen molar-refractivity contribution in [1.29, 1.82) is 0 Å². The first-order valence-electron chi connectivity index (χ1n) is 7.87. The van der Waals surface area contributed by atoms with Gasteiger partial charge in [0, 0.05) is 30.0 Å². The molecule has 21 heavy (non-hydrogen) atoms. The quantitative estimate of drug-likeness (QED) is 0.649. The zero-order chi connectivity index (χ0) is 14.1. The average molecular weight is 279 g/mol. The van der Waals surface area contributed by atoms with Crippen molar-refractivity contribution in [2.45, 2.75) is 38.1 Å². The Morgan fingerprint density at radius 1 is 1.05 bits per heavy atom. The van der Waals surface area contributed by atoms with Crippen LogP contribution < -0.4 is 5.32 Å². The highest BCUT2D eigenvalue weighted by atomic mass is 14.9. The predicted molar refractivity (Wildman–Crippen MR) is 87.8 cm³/mol. The molecule has 3 aromatic rings. The van der Waals surface area contributed by atoms with Crippen LogP contribution in [0, 0.1) is 0 Å². The molecule has 0 aliphatic heterocycles. The van der Waals surface area contributed by atoms with Gasteiger partial charge in [-0.25, -0.2) is 0 Å². The maximum atomic E-state index is 3.75. The summed E-state index contributed by atoms with van der Waals surface area (Å²) in [6, 6.07) is 9.54. The molecule has 1 fully saturated rings. The van der Waals surface area contributed by atoms with E-state index in [1.807, 2.05) is 12.4 Å². The molecule has 0 radical (unpaired) electrons. The predicted octanol–water partition coefficient (Wildman–Crippen LogP) is 4.44. The third-order valence-electron chi connectivity index (χ3n) is 4.50. The van der Waals surface area contributed by atoms with Crippen LogP contribution in [-0.4, -0.2) is 16.0 Å². The Bertz CT molecular complexity index is 718. The first kappa shape index (κ1) is 12.6. The van der Waals surface area contributed by atoms with Crippen LogP contribution in [0.15, 0.2) is 42.9 Å². The molecule has 0 amide bonds. The normalized spacial score (nSPS) is 15.8. The number of fused-ring (bicyclic) bond motifs is 1. The van der Waals surface area contributed by atoms with Crippen molar-refractivity contribution in [2.75, 3.05) is 5.32 Å². The molecule has 2 aromatic heterocycles. The minimum Gasteiger partial charge on any atom is -0.381 e. The van der Waals surface area contributed by atoms with Crippen LogP contribution in [0.4, 0.5) is 5.69 Å². The number of hydrogen-bond donors (Lipinski definition) is 3. The van der Waals surface area contributed by atoms with Gasteiger partial charge < -0.3 is 15.3 Å². The molecule has 3 nitrogen and oxygen atoms in total. The fourth-order valence-corrected chi connectivity index (χ4v) is 3.44. The van der Waals surface area contributed by atoms with E-state index in [9.17, 15) is 0 Å². The third-order valence-corrected chi connectivity index (χ3v) is 4.50. The molecule has 1 saturated carbocycles. The van der Waals surface area contributed by atoms with Gasteiger partial charge in [0.1, 0.15) is 0 Å². The van der Waals surface area contributed by atoms with Crippen molar-refractivity contribution in [3.05, 3.63) is 54.0 Å². The van der Waals surface area contributed by atoms with Gasteiger partial charge in [0.25, 0.3) is 0 Å². The standard InChI is InChI=1S/C18H21N3/c1-2-4-16(3-1)21-17-11-14(9-13-5-7-19-12-13)10-15-6-8-20-18(15)17/h5-8,10-12,16,19-21H,1-4,9H2. The van der Waals surface area contributed by atoms with E-state index in [2.05, 4.69) is 45.7 Å². The van der Waals surface area contributed by atoms with Gasteiger partial charge in [-0.15, -0.1) is 0 Å². The number of aromatic nitrogens is 2. The van der Waals surface area contributed by atoms with Crippen LogP contribution in [0.25, 0.3) is 10.9 Å². The first-order chi connectivity index (χ1) is 10.4. The third kappa shape index (κ3) is 2.56. The molecule has 1 aromatic carbocycles. The van der Waals surface area contributed by atoms with E-state index >= 15 is 0 Å². The molecule has 2 heterocycles. The van der Waals surface area contributed by atoms with Crippen molar-refractivity contribution in [2.24, 2.45) is 0 Å². The Hall–Kier alpha value is -2.16. The molecule has 1 aliphatic carbocycles. The number of rotatable bonds is 4. The van der Waals surface area contributed by atoms with E-state index in [0.717, 1.165) is 6.42 Å². The van der Waals surface area contributed by atoms with Crippen molar-refractivity contribution in [1.82, 2.24) is 9.97 Å². The topological polar surface area (TPSA) is 43.6 Å². The number of anilines is 1. The maximum absolute atomic E-state index is 3.75. The monoisotopic (exact) mass is 279 g/mol. The molecular weight excluding hydrogens is 258 g/mol. The van der Waals surface area contributed by atoms with Crippen LogP contribution in [0.1, 0.15) is 36.8 Å². The van der Waals surface area contributed by atoms with E-state index < -0.39 is 0 Å². The zero-order valence-corrected chi connectivity index (χ0v) is 12.2. The number of nitrogens with one attached hydrogen (secondary N) is 3. The second kappa shape index (κ2) is 5.32. The fourth-order valence-electron chi connectivity index (χ4n) is 3.44. The van der Waals surface area contributed by atoms with Gasteiger partial charge in [-0.1, -0.05) is 12.8 Å². The average Bonchev–Trinajstić information content (AvgIpc) is 3.19. The van der Waals surface area contributed by atoms with Crippen LogP contribution in [0.5, 0.6) is 0 Å². The molecule has 0 atom stereocenters. The van der Waals surface area contributed by atoms with Gasteiger partial charge in [0.15, 0.2) is 0 Å². The Morgan fingerprint density at radius 2 is 1.95 bits per heavy atom. The number of benzene rings is 1. The van der Waals surface area contributed by atoms with Gasteiger partial charge in [0.2, 0.25) is 0 Å². The molecule has 0 saturated heterocycles. The summed E-state index contributed by atoms with van der Waals surface area (Å²) in [6.45, 7) is 0. The molecule has 108 valence electrons. The summed E-state index contributed by atoms with van der Waals surface area (Å²) in [5.41, 5.74) is 5.19. The largest absolute Gasteiger partial charge is 0.381 e. The highest BCUT2D eigenvalue weighted by Gasteiger charge is 2.16. The van der Waals surface area contributed by atoms with E-state index in [0.29, 0.717) is 6.04 Å². The van der Waals surface area contributed by atoms with Crippen molar-refractivity contribution in [3.8, 4) is 0 Å². The van der Waals surface area contributed by atoms with E-state index in [1.54, 1.807) is 0 Å². The Balaban J connectivity index is 1.67. The second-order valence-electron chi connectivity index (χ2n) is 6.11. The molecule has 0 unspecified atom stereocenters. The lowest BCUT2D eigenvalue weighted by atomic mass is 10.0. The number of H-pyrrole nitrogens is 2. The lowest BCUT2D eigenvalue weighted by Crippen LogP contribution is -2.14. The van der Waals surface area contributed by atoms with Gasteiger partial charge in [-0.3, -0.25) is 0 Å². The van der Waals surface area contributed by atoms with Crippen molar-refractivity contribution < 1.29 is 0 Å². The summed E-state index contributed by atoms with van der Waals surface area (Å²) in [4.78, 5) is 6.51. The van der Waals surface area contributed by atoms with Gasteiger partial charge in [-0.2, -0.15) is 0 Å². The maximum Gasteiger partial charge on any atom is 0.0689 e. The van der Waals surface area contributed by atoms with E-state index in [4.69, 9.17) is 0 Å². The van der Waals surface area contributed by atoms with Gasteiger partial charge in [-0.05, 0) is 54.7 Å². The van der Waals surface area contributed by atoms with Crippen LogP contribution in [0.3, 0.4) is 0 Å². The molecule has 0 bridgehead atoms. The smallest absolute Gasteiger partial charge is 0.0689 e. The Kier molecular flexibility index (Phi) is 3.18. The zero-order valence-electron chi connectivity index (χ0n) is 12.2. The highest BCUT2D eigenvalue weighted by molar-refractivity contribution is 5.92. The van der Waals surface area contributed by atoms with E-state index in [-0.39, 0.29) is 0 Å². The molecular formula is C18H21N3. The summed E-state index contributed by atoms with van der Waals surface area (Å²) in [5, 5.41) is 5.05. The summed E-state index contributed by atoms with van der Waals surface area (Å²) in [6.07, 6.45) is 12.4. The van der Waals surface area contributed by atoms with Crippen LogP contribution in [0.2, 0.25) is 0 Å². The minimum absolute atomic E-state index is 0.638. The summed E-state index contributed by atoms with van der Waals surface area (Å²) >= 11 is 0. The van der Waals surface area contributed by atoms with Crippen LogP contribution >= 0.6 is 0 Å². The summed E-state index contributed by atoms with van der Waals surface area (Å²) < 4.78 is 0. The van der Waals surface area contributed by atoms with E-state index in [1.165, 1.54) is 53.4 Å². The summed E-state index contributed by atoms with van der Waals surface area (Å²) in [7, 11) is 0. The molecule has 4 rings (SSSR count). The molecule has 0 spiro atoms. The Labute approximate surface area is 124 Å². The summed E-state index contributed by atoms with van der Waals surface area (Å²) in [5.74, 6) is 0. The van der Waals surface area contributed by atoms with Gasteiger partial charge in [0.05, 0.1) is 11.2 Å². The molecule has 3 N–H and O–H groups in total. The van der Waals surface area contributed by atoms with Crippen LogP contribution in [-0.2, 0) is 6.42 Å². The highest BCUT2D eigenvalue weighted by Crippen LogP contribution is 2.29. The lowest BCUT2D eigenvalue weighted by Gasteiger charge is -2.15. The van der Waals surface area contributed by atoms with Crippen molar-refractivity contribution >= 4 is 16.6 Å². The molecule has 3 heteroatoms. The SMILES string of the molecule is c1cc(Cc2cc(NC3CCCC3)c3[nH]ccc3c2)c[nH]1. The van der Waals surface area contributed by atoms with Crippen molar-refractivity contribution in [3.63, 3.8) is 0 Å². The minimum atomic E-state index is 0.638. The second-order valence-corrected chi connectivity index (χ2v) is 6.11. The number of hydrogen-bond acceptors (Lipinski definition) is 1. The Morgan fingerprint density at radius 3 is 2.76 bits per heavy atom. The molecule has 1 aliphatic rings. The lowest BCUT2D eigenvalue weighted by molar-refractivity contribution is 0.756. The number of aromatic amines is 2. The first-order valence-corrected chi connectivity index (χ1v) is 7.87. The van der Waals surface area contributed by atoms with Gasteiger partial charge >= 0.3 is 0 Å². The fraction of sp³-hybridized carbons (Fsp3) is 0.333.